The molecule has 7 heteroatoms. The summed E-state index contributed by atoms with van der Waals surface area (Å²) in [5.41, 5.74) is 4.41. The first kappa shape index (κ1) is 22.8. The summed E-state index contributed by atoms with van der Waals surface area (Å²) in [7, 11) is 0. The summed E-state index contributed by atoms with van der Waals surface area (Å²) >= 11 is 0. The van der Waals surface area contributed by atoms with Gasteiger partial charge < -0.3 is 0 Å². The number of hydrogen-bond donors (Lipinski definition) is 1. The van der Waals surface area contributed by atoms with E-state index in [0.717, 1.165) is 54.1 Å². The highest BCUT2D eigenvalue weighted by Gasteiger charge is 2.13. The minimum atomic E-state index is 0.548. The van der Waals surface area contributed by atoms with Crippen molar-refractivity contribution in [3.63, 3.8) is 0 Å². The third kappa shape index (κ3) is 5.92. The molecule has 1 N–H and O–H groups in total. The van der Waals surface area contributed by atoms with E-state index in [2.05, 4.69) is 76.4 Å². The SMILES string of the molecule is CCCCCCn1nc(CC(C)C)nc1Cc1ccc(-c2ccccc2-c2nn[nH]n2)cc1. The lowest BCUT2D eigenvalue weighted by atomic mass is 9.98. The molecule has 4 rings (SSSR count). The number of H-pyrrole nitrogens is 1. The molecule has 0 atom stereocenters. The first-order valence-corrected chi connectivity index (χ1v) is 12.0. The maximum atomic E-state index is 4.90. The van der Waals surface area contributed by atoms with Gasteiger partial charge >= 0.3 is 0 Å². The Morgan fingerprint density at radius 1 is 0.939 bits per heavy atom. The average Bonchev–Trinajstić information content (AvgIpc) is 3.47. The minimum absolute atomic E-state index is 0.548. The summed E-state index contributed by atoms with van der Waals surface area (Å²) in [5.74, 6) is 3.17. The van der Waals surface area contributed by atoms with Crippen LogP contribution in [0.4, 0.5) is 0 Å². The van der Waals surface area contributed by atoms with E-state index in [0.29, 0.717) is 11.7 Å². The highest BCUT2D eigenvalue weighted by Crippen LogP contribution is 2.30. The van der Waals surface area contributed by atoms with Crippen molar-refractivity contribution >= 4 is 0 Å². The van der Waals surface area contributed by atoms with E-state index < -0.39 is 0 Å². The van der Waals surface area contributed by atoms with Gasteiger partial charge in [-0.05, 0) is 34.2 Å². The predicted molar refractivity (Wildman–Crippen MR) is 131 cm³/mol. The lowest BCUT2D eigenvalue weighted by Gasteiger charge is -2.09. The zero-order valence-electron chi connectivity index (χ0n) is 19.8. The fourth-order valence-electron chi connectivity index (χ4n) is 4.07. The quantitative estimate of drug-likeness (QED) is 0.310. The molecule has 0 bridgehead atoms. The predicted octanol–water partition coefficient (Wildman–Crippen LogP) is 5.49. The zero-order chi connectivity index (χ0) is 23.0. The van der Waals surface area contributed by atoms with Crippen LogP contribution >= 0.6 is 0 Å². The zero-order valence-corrected chi connectivity index (χ0v) is 19.8. The summed E-state index contributed by atoms with van der Waals surface area (Å²) in [5, 5.41) is 19.4. The summed E-state index contributed by atoms with van der Waals surface area (Å²) in [6.07, 6.45) is 6.61. The van der Waals surface area contributed by atoms with E-state index in [9.17, 15) is 0 Å². The van der Waals surface area contributed by atoms with E-state index in [1.165, 1.54) is 24.8 Å². The van der Waals surface area contributed by atoms with Crippen LogP contribution in [0.1, 0.15) is 63.7 Å². The third-order valence-electron chi connectivity index (χ3n) is 5.75. The van der Waals surface area contributed by atoms with Gasteiger partial charge in [0.2, 0.25) is 5.82 Å². The number of hydrogen-bond acceptors (Lipinski definition) is 5. The molecule has 2 aromatic carbocycles. The largest absolute Gasteiger partial charge is 0.249 e. The Labute approximate surface area is 195 Å². The van der Waals surface area contributed by atoms with Gasteiger partial charge in [0, 0.05) is 24.9 Å². The summed E-state index contributed by atoms with van der Waals surface area (Å²) in [4.78, 5) is 4.90. The lowest BCUT2D eigenvalue weighted by molar-refractivity contribution is 0.517. The van der Waals surface area contributed by atoms with Crippen LogP contribution in [0, 0.1) is 5.92 Å². The minimum Gasteiger partial charge on any atom is -0.249 e. The maximum Gasteiger partial charge on any atom is 0.205 e. The Morgan fingerprint density at radius 3 is 2.42 bits per heavy atom. The summed E-state index contributed by atoms with van der Waals surface area (Å²) in [6, 6.07) is 16.8. The van der Waals surface area contributed by atoms with Crippen molar-refractivity contribution in [1.29, 1.82) is 0 Å². The fraction of sp³-hybridized carbons (Fsp3) is 0.423. The van der Waals surface area contributed by atoms with E-state index in [-0.39, 0.29) is 0 Å². The van der Waals surface area contributed by atoms with Gasteiger partial charge in [-0.25, -0.2) is 9.67 Å². The van der Waals surface area contributed by atoms with Gasteiger partial charge in [0.1, 0.15) is 5.82 Å². The molecule has 0 aliphatic rings. The molecule has 4 aromatic rings. The molecule has 0 unspecified atom stereocenters. The van der Waals surface area contributed by atoms with Gasteiger partial charge in [-0.15, -0.1) is 10.2 Å². The molecule has 2 heterocycles. The number of unbranched alkanes of at least 4 members (excludes halogenated alkanes) is 3. The maximum absolute atomic E-state index is 4.90. The van der Waals surface area contributed by atoms with Gasteiger partial charge in [-0.3, -0.25) is 0 Å². The molecule has 0 saturated heterocycles. The van der Waals surface area contributed by atoms with Crippen molar-refractivity contribution in [3.05, 3.63) is 65.7 Å². The van der Waals surface area contributed by atoms with Gasteiger partial charge in [-0.2, -0.15) is 10.3 Å². The van der Waals surface area contributed by atoms with Crippen molar-refractivity contribution in [1.82, 2.24) is 35.4 Å². The Balaban J connectivity index is 1.53. The van der Waals surface area contributed by atoms with Crippen LogP contribution in [0.25, 0.3) is 22.5 Å². The molecule has 0 spiro atoms. The molecule has 0 aliphatic heterocycles. The van der Waals surface area contributed by atoms with Crippen molar-refractivity contribution < 1.29 is 0 Å². The Morgan fingerprint density at radius 2 is 1.73 bits per heavy atom. The van der Waals surface area contributed by atoms with Crippen molar-refractivity contribution in [2.24, 2.45) is 5.92 Å². The molecule has 0 fully saturated rings. The number of aromatic nitrogens is 7. The second kappa shape index (κ2) is 11.0. The van der Waals surface area contributed by atoms with E-state index >= 15 is 0 Å². The van der Waals surface area contributed by atoms with Crippen LogP contribution in [-0.4, -0.2) is 35.4 Å². The second-order valence-corrected chi connectivity index (χ2v) is 8.98. The summed E-state index contributed by atoms with van der Waals surface area (Å²) in [6.45, 7) is 7.61. The number of benzene rings is 2. The molecule has 0 radical (unpaired) electrons. The summed E-state index contributed by atoms with van der Waals surface area (Å²) < 4.78 is 2.13. The van der Waals surface area contributed by atoms with Crippen LogP contribution in [-0.2, 0) is 19.4 Å². The van der Waals surface area contributed by atoms with Crippen LogP contribution in [0.15, 0.2) is 48.5 Å². The van der Waals surface area contributed by atoms with Crippen molar-refractivity contribution in [2.45, 2.75) is 65.8 Å². The molecular weight excluding hydrogens is 410 g/mol. The fourth-order valence-corrected chi connectivity index (χ4v) is 4.07. The van der Waals surface area contributed by atoms with E-state index in [1.54, 1.807) is 0 Å². The van der Waals surface area contributed by atoms with Crippen LogP contribution in [0.2, 0.25) is 0 Å². The Kier molecular flexibility index (Phi) is 7.60. The molecule has 33 heavy (non-hydrogen) atoms. The van der Waals surface area contributed by atoms with Crippen molar-refractivity contribution in [3.8, 4) is 22.5 Å². The Hall–Kier alpha value is -3.35. The lowest BCUT2D eigenvalue weighted by Crippen LogP contribution is -2.07. The van der Waals surface area contributed by atoms with Gasteiger partial charge in [0.15, 0.2) is 5.82 Å². The van der Waals surface area contributed by atoms with Gasteiger partial charge in [0.25, 0.3) is 0 Å². The number of aromatic amines is 1. The number of nitrogens with zero attached hydrogens (tertiary/aromatic N) is 6. The van der Waals surface area contributed by atoms with Crippen molar-refractivity contribution in [2.75, 3.05) is 0 Å². The average molecular weight is 444 g/mol. The molecule has 0 amide bonds. The van der Waals surface area contributed by atoms with E-state index in [4.69, 9.17) is 10.1 Å². The molecule has 172 valence electrons. The third-order valence-corrected chi connectivity index (χ3v) is 5.75. The van der Waals surface area contributed by atoms with Gasteiger partial charge in [0.05, 0.1) is 0 Å². The number of rotatable bonds is 11. The Bertz CT molecular complexity index is 1130. The molecule has 2 aromatic heterocycles. The first-order valence-electron chi connectivity index (χ1n) is 12.0. The smallest absolute Gasteiger partial charge is 0.205 e. The number of aryl methyl sites for hydroxylation is 1. The monoisotopic (exact) mass is 443 g/mol. The standard InChI is InChI=1S/C26H33N7/c1-4-5-6-9-16-33-25(27-24(30-33)17-19(2)3)18-20-12-14-21(15-13-20)22-10-7-8-11-23(22)26-28-31-32-29-26/h7-8,10-15,19H,4-6,9,16-18H2,1-3H3,(H,28,29,31,32). The second-order valence-electron chi connectivity index (χ2n) is 8.98. The van der Waals surface area contributed by atoms with E-state index in [1.807, 2.05) is 18.2 Å². The first-order chi connectivity index (χ1) is 16.1. The molecule has 0 saturated carbocycles. The molecular formula is C26H33N7. The highest BCUT2D eigenvalue weighted by molar-refractivity contribution is 5.80. The van der Waals surface area contributed by atoms with Crippen LogP contribution in [0.3, 0.4) is 0 Å². The highest BCUT2D eigenvalue weighted by atomic mass is 15.5. The number of tetrazole rings is 1. The normalized spacial score (nSPS) is 11.4. The number of nitrogens with one attached hydrogen (secondary N) is 1. The van der Waals surface area contributed by atoms with Crippen LogP contribution < -0.4 is 0 Å². The molecule has 0 aliphatic carbocycles. The topological polar surface area (TPSA) is 85.2 Å². The van der Waals surface area contributed by atoms with Crippen LogP contribution in [0.5, 0.6) is 0 Å². The molecule has 7 nitrogen and oxygen atoms in total. The van der Waals surface area contributed by atoms with Gasteiger partial charge in [-0.1, -0.05) is 88.6 Å².